The van der Waals surface area contributed by atoms with Crippen LogP contribution in [0, 0.1) is 0 Å². The monoisotopic (exact) mass is 531 g/mol. The quantitative estimate of drug-likeness (QED) is 0.512. The van der Waals surface area contributed by atoms with Crippen LogP contribution < -0.4 is 4.74 Å². The maximum atomic E-state index is 13.2. The second-order valence-electron chi connectivity index (χ2n) is 6.80. The van der Waals surface area contributed by atoms with Crippen molar-refractivity contribution in [2.75, 3.05) is 6.61 Å². The summed E-state index contributed by atoms with van der Waals surface area (Å²) in [7, 11) is 0. The molecule has 2 aromatic rings. The first kappa shape index (κ1) is 22.9. The number of nitrogens with zero attached hydrogens (tertiary/aromatic N) is 1. The number of halogens is 3. The highest BCUT2D eigenvalue weighted by molar-refractivity contribution is 9.10. The van der Waals surface area contributed by atoms with Gasteiger partial charge in [0.1, 0.15) is 10.5 Å². The second-order valence-corrected chi connectivity index (χ2v) is 9.99. The molecule has 0 spiro atoms. The Hall–Kier alpha value is -1.74. The van der Waals surface area contributed by atoms with Gasteiger partial charge in [-0.25, -0.2) is 4.79 Å². The lowest BCUT2D eigenvalue weighted by molar-refractivity contribution is -0.139. The van der Waals surface area contributed by atoms with Gasteiger partial charge in [-0.05, 0) is 61.0 Å². The average Bonchev–Trinajstić information content (AvgIpc) is 2.86. The molecule has 1 fully saturated rings. The number of aliphatic carboxylic acids is 1. The van der Waals surface area contributed by atoms with E-state index < -0.39 is 22.6 Å². The maximum absolute atomic E-state index is 13.2. The summed E-state index contributed by atoms with van der Waals surface area (Å²) in [5.74, 6) is -1.15. The largest absolute Gasteiger partial charge is 0.482 e. The number of carboxylic acid groups (broad SMARTS) is 1. The van der Waals surface area contributed by atoms with E-state index in [1.165, 1.54) is 0 Å². The maximum Gasteiger partial charge on any atom is 0.341 e. The summed E-state index contributed by atoms with van der Waals surface area (Å²) in [5.41, 5.74) is 1.11. The van der Waals surface area contributed by atoms with Gasteiger partial charge >= 0.3 is 5.97 Å². The van der Waals surface area contributed by atoms with E-state index in [-0.39, 0.29) is 18.9 Å². The first-order valence-corrected chi connectivity index (χ1v) is 11.1. The predicted molar refractivity (Wildman–Crippen MR) is 119 cm³/mol. The van der Waals surface area contributed by atoms with E-state index in [9.17, 15) is 14.4 Å². The number of carbonyl (C=O) groups is 3. The van der Waals surface area contributed by atoms with Crippen molar-refractivity contribution >= 4 is 68.0 Å². The van der Waals surface area contributed by atoms with Crippen molar-refractivity contribution in [2.24, 2.45) is 0 Å². The molecule has 2 amide bonds. The Kier molecular flexibility index (Phi) is 7.02. The Labute approximate surface area is 195 Å². The van der Waals surface area contributed by atoms with E-state index in [1.807, 2.05) is 0 Å². The van der Waals surface area contributed by atoms with Crippen LogP contribution in [0.25, 0.3) is 0 Å². The first-order chi connectivity index (χ1) is 14.1. The molecule has 10 heteroatoms. The standard InChI is InChI=1S/C20H16BrCl2NO5S/c1-20(8-11-7-12(21)5-6-16(11)29-10-17(25)26)18(27)24(19(28)30-20)9-13-14(22)3-2-4-15(13)23/h2-7H,8-10H2,1H3,(H,25,26). The zero-order valence-electron chi connectivity index (χ0n) is 15.7. The molecule has 1 aliphatic rings. The molecule has 1 heterocycles. The number of carboxylic acids is 1. The van der Waals surface area contributed by atoms with Crippen LogP contribution in [-0.4, -0.2) is 38.5 Å². The van der Waals surface area contributed by atoms with Gasteiger partial charge in [-0.3, -0.25) is 14.5 Å². The smallest absolute Gasteiger partial charge is 0.341 e. The molecule has 0 bridgehead atoms. The van der Waals surface area contributed by atoms with Gasteiger partial charge in [0.05, 0.1) is 6.54 Å². The molecular weight excluding hydrogens is 517 g/mol. The number of thioether (sulfide) groups is 1. The minimum Gasteiger partial charge on any atom is -0.482 e. The minimum absolute atomic E-state index is 0.0282. The van der Waals surface area contributed by atoms with E-state index in [4.69, 9.17) is 33.0 Å². The van der Waals surface area contributed by atoms with Crippen LogP contribution in [0.4, 0.5) is 4.79 Å². The van der Waals surface area contributed by atoms with Gasteiger partial charge in [-0.2, -0.15) is 0 Å². The highest BCUT2D eigenvalue weighted by atomic mass is 79.9. The van der Waals surface area contributed by atoms with Crippen molar-refractivity contribution in [2.45, 2.75) is 24.6 Å². The summed E-state index contributed by atoms with van der Waals surface area (Å²) in [6.45, 7) is 1.14. The second kappa shape index (κ2) is 9.18. The molecule has 30 heavy (non-hydrogen) atoms. The number of ether oxygens (including phenoxy) is 1. The highest BCUT2D eigenvalue weighted by Gasteiger charge is 2.49. The van der Waals surface area contributed by atoms with E-state index in [0.717, 1.165) is 21.1 Å². The van der Waals surface area contributed by atoms with Crippen molar-refractivity contribution in [1.29, 1.82) is 0 Å². The Morgan fingerprint density at radius 1 is 1.23 bits per heavy atom. The molecule has 2 aromatic carbocycles. The zero-order valence-corrected chi connectivity index (χ0v) is 19.6. The number of carbonyl (C=O) groups excluding carboxylic acids is 2. The van der Waals surface area contributed by atoms with Crippen LogP contribution in [0.3, 0.4) is 0 Å². The fraction of sp³-hybridized carbons (Fsp3) is 0.250. The summed E-state index contributed by atoms with van der Waals surface area (Å²) in [4.78, 5) is 37.8. The summed E-state index contributed by atoms with van der Waals surface area (Å²) in [5, 5.41) is 9.23. The Morgan fingerprint density at radius 2 is 1.90 bits per heavy atom. The van der Waals surface area contributed by atoms with E-state index in [2.05, 4.69) is 15.9 Å². The molecule has 0 aromatic heterocycles. The predicted octanol–water partition coefficient (Wildman–Crippen LogP) is 5.42. The minimum atomic E-state index is -1.11. The van der Waals surface area contributed by atoms with Crippen molar-refractivity contribution in [1.82, 2.24) is 4.90 Å². The third-order valence-corrected chi connectivity index (χ3v) is 6.88. The van der Waals surface area contributed by atoms with E-state index >= 15 is 0 Å². The SMILES string of the molecule is CC1(Cc2cc(Br)ccc2OCC(=O)O)SC(=O)N(Cc2c(Cl)cccc2Cl)C1=O. The number of hydrogen-bond acceptors (Lipinski definition) is 5. The molecule has 1 saturated heterocycles. The molecule has 0 radical (unpaired) electrons. The molecule has 0 saturated carbocycles. The van der Waals surface area contributed by atoms with Crippen molar-refractivity contribution in [3.05, 3.63) is 62.0 Å². The van der Waals surface area contributed by atoms with Gasteiger partial charge in [-0.1, -0.05) is 45.2 Å². The summed E-state index contributed by atoms with van der Waals surface area (Å²) in [6.07, 6.45) is 0.170. The number of rotatable bonds is 7. The van der Waals surface area contributed by atoms with E-state index in [1.54, 1.807) is 43.3 Å². The van der Waals surface area contributed by atoms with Gasteiger partial charge in [0, 0.05) is 20.1 Å². The highest BCUT2D eigenvalue weighted by Crippen LogP contribution is 2.43. The van der Waals surface area contributed by atoms with Crippen LogP contribution in [0.2, 0.25) is 10.0 Å². The molecule has 0 aliphatic carbocycles. The third-order valence-electron chi connectivity index (χ3n) is 4.51. The Bertz CT molecular complexity index is 1010. The van der Waals surface area contributed by atoms with Crippen LogP contribution in [-0.2, 0) is 22.6 Å². The van der Waals surface area contributed by atoms with Gasteiger partial charge < -0.3 is 9.84 Å². The first-order valence-electron chi connectivity index (χ1n) is 8.71. The summed E-state index contributed by atoms with van der Waals surface area (Å²) < 4.78 is 5.00. The number of imide groups is 1. The Balaban J connectivity index is 1.86. The fourth-order valence-electron chi connectivity index (χ4n) is 3.08. The third kappa shape index (κ3) is 4.94. The lowest BCUT2D eigenvalue weighted by atomic mass is 9.98. The number of benzene rings is 2. The normalized spacial score (nSPS) is 18.7. The lowest BCUT2D eigenvalue weighted by Gasteiger charge is -2.23. The topological polar surface area (TPSA) is 83.9 Å². The molecule has 3 rings (SSSR count). The van der Waals surface area contributed by atoms with Crippen LogP contribution in [0.15, 0.2) is 40.9 Å². The van der Waals surface area contributed by atoms with Gasteiger partial charge in [0.25, 0.3) is 5.24 Å². The zero-order chi connectivity index (χ0) is 22.1. The fourth-order valence-corrected chi connectivity index (χ4v) is 5.07. The van der Waals surface area contributed by atoms with Crippen molar-refractivity contribution in [3.63, 3.8) is 0 Å². The van der Waals surface area contributed by atoms with Crippen LogP contribution in [0.1, 0.15) is 18.1 Å². The molecule has 1 N–H and O–H groups in total. The van der Waals surface area contributed by atoms with E-state index in [0.29, 0.717) is 26.9 Å². The van der Waals surface area contributed by atoms with Crippen molar-refractivity contribution in [3.8, 4) is 5.75 Å². The Morgan fingerprint density at radius 3 is 2.53 bits per heavy atom. The molecule has 1 unspecified atom stereocenters. The number of hydrogen-bond donors (Lipinski definition) is 1. The number of amides is 2. The molecular formula is C20H16BrCl2NO5S. The average molecular weight is 533 g/mol. The van der Waals surface area contributed by atoms with Crippen LogP contribution in [0.5, 0.6) is 5.75 Å². The summed E-state index contributed by atoms with van der Waals surface area (Å²) in [6, 6.07) is 10.1. The molecule has 158 valence electrons. The van der Waals surface area contributed by atoms with Crippen LogP contribution >= 0.6 is 50.9 Å². The molecule has 1 atom stereocenters. The van der Waals surface area contributed by atoms with Gasteiger partial charge in [0.2, 0.25) is 5.91 Å². The van der Waals surface area contributed by atoms with Crippen molar-refractivity contribution < 1.29 is 24.2 Å². The van der Waals surface area contributed by atoms with Gasteiger partial charge in [-0.15, -0.1) is 0 Å². The lowest BCUT2D eigenvalue weighted by Crippen LogP contribution is -2.38. The van der Waals surface area contributed by atoms with Gasteiger partial charge in [0.15, 0.2) is 6.61 Å². The summed E-state index contributed by atoms with van der Waals surface area (Å²) >= 11 is 16.7. The molecule has 1 aliphatic heterocycles. The molecule has 6 nitrogen and oxygen atoms in total.